The minimum Gasteiger partial charge on any atom is -0.363 e. The SMILES string of the molecule is COC1(/C(C)=C/c2ccccc2C)c2ccccc2C(OC)(c2ccc3ccccc3c2)c2nc3ccccn3c21. The van der Waals surface area contributed by atoms with Gasteiger partial charge in [-0.05, 0) is 65.1 Å². The Labute approximate surface area is 240 Å². The summed E-state index contributed by atoms with van der Waals surface area (Å²) in [5.41, 5.74) is 7.30. The predicted molar refractivity (Wildman–Crippen MR) is 165 cm³/mol. The molecular weight excluding hydrogens is 504 g/mol. The van der Waals surface area contributed by atoms with Gasteiger partial charge in [-0.15, -0.1) is 0 Å². The van der Waals surface area contributed by atoms with Crippen LogP contribution < -0.4 is 0 Å². The Kier molecular flexibility index (Phi) is 5.93. The van der Waals surface area contributed by atoms with Crippen molar-refractivity contribution in [3.05, 3.63) is 160 Å². The number of benzene rings is 4. The second-order valence-electron chi connectivity index (χ2n) is 10.8. The molecule has 0 fully saturated rings. The summed E-state index contributed by atoms with van der Waals surface area (Å²) in [4.78, 5) is 5.31. The molecule has 7 rings (SSSR count). The van der Waals surface area contributed by atoms with Crippen molar-refractivity contribution in [3.8, 4) is 0 Å². The molecule has 4 nitrogen and oxygen atoms in total. The Morgan fingerprint density at radius 2 is 1.46 bits per heavy atom. The number of hydrogen-bond donors (Lipinski definition) is 0. The van der Waals surface area contributed by atoms with Crippen LogP contribution >= 0.6 is 0 Å². The highest BCUT2D eigenvalue weighted by Gasteiger charge is 2.56. The average Bonchev–Trinajstić information content (AvgIpc) is 3.41. The van der Waals surface area contributed by atoms with Crippen LogP contribution in [-0.4, -0.2) is 23.6 Å². The molecule has 2 atom stereocenters. The van der Waals surface area contributed by atoms with E-state index in [-0.39, 0.29) is 0 Å². The van der Waals surface area contributed by atoms with E-state index in [1.165, 1.54) is 10.9 Å². The van der Waals surface area contributed by atoms with Gasteiger partial charge in [0.2, 0.25) is 0 Å². The smallest absolute Gasteiger partial charge is 0.162 e. The fraction of sp³-hybridized carbons (Fsp3) is 0.162. The molecule has 2 heterocycles. The lowest BCUT2D eigenvalue weighted by molar-refractivity contribution is 0.0106. The summed E-state index contributed by atoms with van der Waals surface area (Å²) in [6.07, 6.45) is 4.32. The predicted octanol–water partition coefficient (Wildman–Crippen LogP) is 8.04. The number of pyridine rings is 1. The van der Waals surface area contributed by atoms with Crippen LogP contribution in [0.2, 0.25) is 0 Å². The summed E-state index contributed by atoms with van der Waals surface area (Å²) in [5.74, 6) is 0. The van der Waals surface area contributed by atoms with Gasteiger partial charge in [-0.2, -0.15) is 0 Å². The van der Waals surface area contributed by atoms with Crippen LogP contribution in [0.15, 0.2) is 121 Å². The van der Waals surface area contributed by atoms with Crippen LogP contribution in [0.4, 0.5) is 0 Å². The van der Waals surface area contributed by atoms with Crippen LogP contribution in [-0.2, 0) is 20.7 Å². The Morgan fingerprint density at radius 3 is 2.24 bits per heavy atom. The van der Waals surface area contributed by atoms with Crippen LogP contribution in [0, 0.1) is 6.92 Å². The number of ether oxygens (including phenoxy) is 2. The van der Waals surface area contributed by atoms with E-state index in [9.17, 15) is 0 Å². The van der Waals surface area contributed by atoms with Gasteiger partial charge in [-0.1, -0.05) is 97.1 Å². The molecule has 0 bridgehead atoms. The maximum atomic E-state index is 6.73. The fourth-order valence-corrected chi connectivity index (χ4v) is 6.81. The molecule has 4 aromatic carbocycles. The topological polar surface area (TPSA) is 35.8 Å². The molecule has 1 aliphatic carbocycles. The number of rotatable bonds is 5. The maximum absolute atomic E-state index is 6.73. The third-order valence-electron chi connectivity index (χ3n) is 8.77. The fourth-order valence-electron chi connectivity index (χ4n) is 6.81. The summed E-state index contributed by atoms with van der Waals surface area (Å²) in [5, 5.41) is 2.34. The van der Waals surface area contributed by atoms with Crippen LogP contribution in [0.5, 0.6) is 0 Å². The molecule has 0 aliphatic heterocycles. The van der Waals surface area contributed by atoms with Crippen LogP contribution in [0.1, 0.15) is 46.1 Å². The molecule has 0 radical (unpaired) electrons. The van der Waals surface area contributed by atoms with Crippen molar-refractivity contribution in [2.45, 2.75) is 25.0 Å². The van der Waals surface area contributed by atoms with Crippen LogP contribution in [0.3, 0.4) is 0 Å². The highest BCUT2D eigenvalue weighted by Crippen LogP contribution is 2.56. The van der Waals surface area contributed by atoms with E-state index in [1.807, 2.05) is 18.2 Å². The molecule has 1 aliphatic rings. The molecule has 202 valence electrons. The van der Waals surface area contributed by atoms with E-state index in [0.717, 1.165) is 50.2 Å². The third kappa shape index (κ3) is 3.51. The van der Waals surface area contributed by atoms with Gasteiger partial charge in [0.15, 0.2) is 11.2 Å². The zero-order valence-electron chi connectivity index (χ0n) is 23.8. The lowest BCUT2D eigenvalue weighted by atomic mass is 9.66. The summed E-state index contributed by atoms with van der Waals surface area (Å²) in [7, 11) is 3.59. The molecule has 0 saturated carbocycles. The second kappa shape index (κ2) is 9.55. The van der Waals surface area contributed by atoms with E-state index in [4.69, 9.17) is 14.5 Å². The number of nitrogens with zero attached hydrogens (tertiary/aromatic N) is 2. The lowest BCUT2D eigenvalue weighted by Crippen LogP contribution is -2.46. The monoisotopic (exact) mass is 536 g/mol. The Balaban J connectivity index is 1.62. The first-order valence-corrected chi connectivity index (χ1v) is 14.0. The molecule has 0 amide bonds. The minimum atomic E-state index is -0.951. The highest BCUT2D eigenvalue weighted by atomic mass is 16.5. The zero-order chi connectivity index (χ0) is 28.2. The van der Waals surface area contributed by atoms with Gasteiger partial charge in [0.25, 0.3) is 0 Å². The molecule has 6 aromatic rings. The van der Waals surface area contributed by atoms with Gasteiger partial charge in [-0.25, -0.2) is 4.98 Å². The quantitative estimate of drug-likeness (QED) is 0.224. The van der Waals surface area contributed by atoms with Crippen molar-refractivity contribution in [1.82, 2.24) is 9.38 Å². The Hall–Kier alpha value is -4.51. The van der Waals surface area contributed by atoms with Gasteiger partial charge in [0, 0.05) is 31.5 Å². The van der Waals surface area contributed by atoms with E-state index >= 15 is 0 Å². The molecular formula is C37H32N2O2. The number of methoxy groups -OCH3 is 2. The Bertz CT molecular complexity index is 1970. The number of aromatic nitrogens is 2. The molecule has 0 N–H and O–H groups in total. The van der Waals surface area contributed by atoms with Gasteiger partial charge in [0.05, 0.1) is 5.69 Å². The van der Waals surface area contributed by atoms with Crippen molar-refractivity contribution in [1.29, 1.82) is 0 Å². The summed E-state index contributed by atoms with van der Waals surface area (Å²) < 4.78 is 15.6. The van der Waals surface area contributed by atoms with Gasteiger partial charge < -0.3 is 13.9 Å². The van der Waals surface area contributed by atoms with Gasteiger partial charge >= 0.3 is 0 Å². The summed E-state index contributed by atoms with van der Waals surface area (Å²) in [6, 6.07) is 38.1. The zero-order valence-corrected chi connectivity index (χ0v) is 23.8. The summed E-state index contributed by atoms with van der Waals surface area (Å²) >= 11 is 0. The first-order chi connectivity index (χ1) is 20.0. The standard InChI is InChI=1S/C37H32N2O2/c1-25-13-5-6-15-28(25)23-26(2)36(40-3)31-17-9-10-18-32(31)37(41-4,30-21-20-27-14-7-8-16-29(27)24-30)34-35(36)39-22-12-11-19-33(39)38-34/h5-24H,1-4H3/b26-23+. The molecule has 41 heavy (non-hydrogen) atoms. The van der Waals surface area contributed by atoms with Gasteiger partial charge in [-0.3, -0.25) is 0 Å². The number of imidazole rings is 1. The molecule has 2 aromatic heterocycles. The minimum absolute atomic E-state index is 0.833. The first-order valence-electron chi connectivity index (χ1n) is 14.0. The van der Waals surface area contributed by atoms with E-state index in [1.54, 1.807) is 14.2 Å². The number of aryl methyl sites for hydroxylation is 1. The van der Waals surface area contributed by atoms with Crippen molar-refractivity contribution < 1.29 is 9.47 Å². The van der Waals surface area contributed by atoms with Crippen molar-refractivity contribution >= 4 is 22.5 Å². The van der Waals surface area contributed by atoms with Crippen molar-refractivity contribution in [2.75, 3.05) is 14.2 Å². The normalized spacial score (nSPS) is 20.2. The largest absolute Gasteiger partial charge is 0.363 e. The number of fused-ring (bicyclic) bond motifs is 5. The van der Waals surface area contributed by atoms with E-state index < -0.39 is 11.2 Å². The third-order valence-corrected chi connectivity index (χ3v) is 8.77. The molecule has 4 heteroatoms. The van der Waals surface area contributed by atoms with Crippen molar-refractivity contribution in [3.63, 3.8) is 0 Å². The summed E-state index contributed by atoms with van der Waals surface area (Å²) in [6.45, 7) is 4.30. The van der Waals surface area contributed by atoms with Gasteiger partial charge in [0.1, 0.15) is 11.3 Å². The maximum Gasteiger partial charge on any atom is 0.162 e. The average molecular weight is 537 g/mol. The van der Waals surface area contributed by atoms with E-state index in [2.05, 4.69) is 122 Å². The molecule has 2 unspecified atom stereocenters. The first kappa shape index (κ1) is 25.5. The molecule has 0 saturated heterocycles. The second-order valence-corrected chi connectivity index (χ2v) is 10.8. The van der Waals surface area contributed by atoms with Crippen molar-refractivity contribution in [2.24, 2.45) is 0 Å². The van der Waals surface area contributed by atoms with E-state index in [0.29, 0.717) is 0 Å². The Morgan fingerprint density at radius 1 is 0.756 bits per heavy atom. The lowest BCUT2D eigenvalue weighted by Gasteiger charge is -2.46. The highest BCUT2D eigenvalue weighted by molar-refractivity contribution is 5.84. The van der Waals surface area contributed by atoms with Crippen LogP contribution in [0.25, 0.3) is 22.5 Å². The number of hydrogen-bond acceptors (Lipinski definition) is 3. The molecule has 0 spiro atoms.